The van der Waals surface area contributed by atoms with E-state index in [4.69, 9.17) is 10.00 Å². The molecule has 0 bridgehead atoms. The Kier molecular flexibility index (Phi) is 5.55. The Morgan fingerprint density at radius 3 is 2.40 bits per heavy atom. The van der Waals surface area contributed by atoms with E-state index in [-0.39, 0.29) is 18.6 Å². The fraction of sp³-hybridized carbons (Fsp3) is 0.800. The normalized spacial score (nSPS) is 16.1. The van der Waals surface area contributed by atoms with Crippen LogP contribution in [-0.4, -0.2) is 36.0 Å². The Balaban J connectivity index is 2.90. The second-order valence-electron chi connectivity index (χ2n) is 6.22. The quantitative estimate of drug-likeness (QED) is 0.552. The summed E-state index contributed by atoms with van der Waals surface area (Å²) in [5.74, 6) is -1.47. The molecule has 1 aliphatic carbocycles. The summed E-state index contributed by atoms with van der Waals surface area (Å²) in [7, 11) is 0. The third-order valence-electron chi connectivity index (χ3n) is 3.37. The van der Waals surface area contributed by atoms with E-state index < -0.39 is 17.3 Å². The summed E-state index contributed by atoms with van der Waals surface area (Å²) < 4.78 is 5.06. The van der Waals surface area contributed by atoms with Gasteiger partial charge in [0.05, 0.1) is 19.1 Å². The first kappa shape index (κ1) is 16.5. The first-order valence-corrected chi connectivity index (χ1v) is 7.17. The average molecular weight is 280 g/mol. The summed E-state index contributed by atoms with van der Waals surface area (Å²) in [5.41, 5.74) is -0.497. The van der Waals surface area contributed by atoms with Gasteiger partial charge in [0, 0.05) is 12.6 Å². The van der Waals surface area contributed by atoms with Crippen molar-refractivity contribution in [3.63, 3.8) is 0 Å². The van der Waals surface area contributed by atoms with Crippen LogP contribution >= 0.6 is 0 Å². The minimum absolute atomic E-state index is 0.190. The molecule has 0 saturated heterocycles. The maximum absolute atomic E-state index is 12.7. The van der Waals surface area contributed by atoms with Crippen LogP contribution in [0.3, 0.4) is 0 Å². The number of hydrogen-bond acceptors (Lipinski definition) is 4. The smallest absolute Gasteiger partial charge is 0.319 e. The molecule has 1 aliphatic rings. The number of carbonyl (C=O) groups is 2. The molecule has 20 heavy (non-hydrogen) atoms. The molecule has 0 N–H and O–H groups in total. The molecule has 112 valence electrons. The monoisotopic (exact) mass is 280 g/mol. The molecule has 1 saturated carbocycles. The number of esters is 1. The van der Waals surface area contributed by atoms with E-state index in [1.54, 1.807) is 11.8 Å². The first-order valence-electron chi connectivity index (χ1n) is 7.17. The number of nitriles is 1. The van der Waals surface area contributed by atoms with Crippen molar-refractivity contribution in [1.29, 1.82) is 5.26 Å². The number of carbonyl (C=O) groups excluding carboxylic acids is 2. The molecule has 1 amide bonds. The zero-order valence-electron chi connectivity index (χ0n) is 12.8. The van der Waals surface area contributed by atoms with Crippen molar-refractivity contribution in [2.75, 3.05) is 13.2 Å². The van der Waals surface area contributed by atoms with E-state index >= 15 is 0 Å². The van der Waals surface area contributed by atoms with E-state index in [0.717, 1.165) is 12.8 Å². The lowest BCUT2D eigenvalue weighted by molar-refractivity contribution is -0.160. The van der Waals surface area contributed by atoms with Crippen molar-refractivity contribution in [2.45, 2.75) is 53.0 Å². The summed E-state index contributed by atoms with van der Waals surface area (Å²) in [6, 6.07) is 2.25. The van der Waals surface area contributed by atoms with Gasteiger partial charge in [-0.25, -0.2) is 0 Å². The van der Waals surface area contributed by atoms with E-state index in [0.29, 0.717) is 13.0 Å². The van der Waals surface area contributed by atoms with Gasteiger partial charge in [-0.3, -0.25) is 9.59 Å². The standard InChI is InChI=1S/C15H24N2O3/c1-5-20-14(19)12(15(2,3)4)13(18)17(10-6-9-16)11-7-8-11/h11-12H,5-8,10H2,1-4H3. The third-order valence-corrected chi connectivity index (χ3v) is 3.37. The van der Waals surface area contributed by atoms with E-state index in [2.05, 4.69) is 6.07 Å². The zero-order valence-corrected chi connectivity index (χ0v) is 12.8. The van der Waals surface area contributed by atoms with Gasteiger partial charge in [-0.15, -0.1) is 0 Å². The Morgan fingerprint density at radius 2 is 2.00 bits per heavy atom. The van der Waals surface area contributed by atoms with Crippen molar-refractivity contribution in [3.8, 4) is 6.07 Å². The highest BCUT2D eigenvalue weighted by atomic mass is 16.5. The van der Waals surface area contributed by atoms with Crippen LogP contribution in [0.2, 0.25) is 0 Å². The first-order chi connectivity index (χ1) is 9.32. The molecule has 0 aliphatic heterocycles. The molecular formula is C15H24N2O3. The van der Waals surface area contributed by atoms with Crippen molar-refractivity contribution in [1.82, 2.24) is 4.90 Å². The summed E-state index contributed by atoms with van der Waals surface area (Å²) in [4.78, 5) is 26.5. The van der Waals surface area contributed by atoms with Crippen LogP contribution in [-0.2, 0) is 14.3 Å². The molecule has 1 unspecified atom stereocenters. The van der Waals surface area contributed by atoms with Crippen LogP contribution in [0.1, 0.15) is 47.0 Å². The summed E-state index contributed by atoms with van der Waals surface area (Å²) in [6.07, 6.45) is 2.20. The van der Waals surface area contributed by atoms with Gasteiger partial charge >= 0.3 is 5.97 Å². The zero-order chi connectivity index (χ0) is 15.3. The van der Waals surface area contributed by atoms with Crippen LogP contribution in [0, 0.1) is 22.7 Å². The minimum Gasteiger partial charge on any atom is -0.465 e. The maximum Gasteiger partial charge on any atom is 0.319 e. The highest BCUT2D eigenvalue weighted by molar-refractivity contribution is 5.98. The lowest BCUT2D eigenvalue weighted by atomic mass is 9.79. The van der Waals surface area contributed by atoms with Gasteiger partial charge < -0.3 is 9.64 Å². The van der Waals surface area contributed by atoms with Crippen molar-refractivity contribution in [3.05, 3.63) is 0 Å². The molecule has 5 heteroatoms. The predicted octanol–water partition coefficient (Wildman–Crippen LogP) is 2.12. The number of rotatable bonds is 6. The summed E-state index contributed by atoms with van der Waals surface area (Å²) in [6.45, 7) is 7.98. The second-order valence-corrected chi connectivity index (χ2v) is 6.22. The number of hydrogen-bond donors (Lipinski definition) is 0. The molecule has 0 aromatic rings. The molecule has 5 nitrogen and oxygen atoms in total. The molecule has 0 aromatic heterocycles. The molecule has 0 heterocycles. The van der Waals surface area contributed by atoms with Crippen LogP contribution in [0.15, 0.2) is 0 Å². The van der Waals surface area contributed by atoms with E-state index in [9.17, 15) is 9.59 Å². The maximum atomic E-state index is 12.7. The van der Waals surface area contributed by atoms with Crippen LogP contribution in [0.4, 0.5) is 0 Å². The fourth-order valence-corrected chi connectivity index (χ4v) is 2.25. The lowest BCUT2D eigenvalue weighted by Gasteiger charge is -2.32. The summed E-state index contributed by atoms with van der Waals surface area (Å²) in [5, 5.41) is 8.71. The Hall–Kier alpha value is -1.57. The largest absolute Gasteiger partial charge is 0.465 e. The van der Waals surface area contributed by atoms with Crippen LogP contribution < -0.4 is 0 Å². The Morgan fingerprint density at radius 1 is 1.40 bits per heavy atom. The molecule has 1 fully saturated rings. The van der Waals surface area contributed by atoms with Gasteiger partial charge in [-0.05, 0) is 25.2 Å². The molecule has 0 aromatic carbocycles. The second kappa shape index (κ2) is 6.74. The van der Waals surface area contributed by atoms with Crippen molar-refractivity contribution >= 4 is 11.9 Å². The van der Waals surface area contributed by atoms with Crippen molar-refractivity contribution < 1.29 is 14.3 Å². The number of amides is 1. The topological polar surface area (TPSA) is 70.4 Å². The lowest BCUT2D eigenvalue weighted by Crippen LogP contribution is -2.47. The minimum atomic E-state index is -0.804. The summed E-state index contributed by atoms with van der Waals surface area (Å²) >= 11 is 0. The predicted molar refractivity (Wildman–Crippen MR) is 74.5 cm³/mol. The van der Waals surface area contributed by atoms with Gasteiger partial charge in [0.15, 0.2) is 0 Å². The Bertz CT molecular complexity index is 402. The van der Waals surface area contributed by atoms with Gasteiger partial charge in [0.2, 0.25) is 5.91 Å². The van der Waals surface area contributed by atoms with Crippen molar-refractivity contribution in [2.24, 2.45) is 11.3 Å². The molecule has 1 atom stereocenters. The highest BCUT2D eigenvalue weighted by Gasteiger charge is 2.44. The van der Waals surface area contributed by atoms with Crippen LogP contribution in [0.25, 0.3) is 0 Å². The number of nitrogens with zero attached hydrogens (tertiary/aromatic N) is 2. The van der Waals surface area contributed by atoms with Crippen LogP contribution in [0.5, 0.6) is 0 Å². The van der Waals surface area contributed by atoms with Gasteiger partial charge in [-0.1, -0.05) is 20.8 Å². The Labute approximate surface area is 120 Å². The number of ether oxygens (including phenoxy) is 1. The molecule has 0 spiro atoms. The van der Waals surface area contributed by atoms with E-state index in [1.807, 2.05) is 20.8 Å². The fourth-order valence-electron chi connectivity index (χ4n) is 2.25. The average Bonchev–Trinajstić information content (AvgIpc) is 3.12. The third kappa shape index (κ3) is 4.22. The van der Waals surface area contributed by atoms with Gasteiger partial charge in [-0.2, -0.15) is 5.26 Å². The van der Waals surface area contributed by atoms with Gasteiger partial charge in [0.1, 0.15) is 5.92 Å². The highest BCUT2D eigenvalue weighted by Crippen LogP contribution is 2.34. The molecular weight excluding hydrogens is 256 g/mol. The molecule has 0 radical (unpaired) electrons. The SMILES string of the molecule is CCOC(=O)C(C(=O)N(CCC#N)C1CC1)C(C)(C)C. The van der Waals surface area contributed by atoms with E-state index in [1.165, 1.54) is 0 Å². The van der Waals surface area contributed by atoms with Gasteiger partial charge in [0.25, 0.3) is 0 Å². The molecule has 1 rings (SSSR count).